The van der Waals surface area contributed by atoms with Crippen molar-refractivity contribution in [2.45, 2.75) is 13.8 Å². The largest absolute Gasteiger partial charge is 0.477 e. The van der Waals surface area contributed by atoms with Crippen LogP contribution in [0.15, 0.2) is 36.5 Å². The molecule has 4 heteroatoms. The Kier molecular flexibility index (Phi) is 3.60. The van der Waals surface area contributed by atoms with Crippen LogP contribution < -0.4 is 10.1 Å². The number of amides is 1. The van der Waals surface area contributed by atoms with E-state index in [1.807, 2.05) is 44.2 Å². The number of nitrogens with one attached hydrogen (secondary N) is 1. The second-order valence-corrected chi connectivity index (χ2v) is 5.49. The van der Waals surface area contributed by atoms with E-state index in [9.17, 15) is 4.79 Å². The standard InChI is InChI=1S/C17H18N2O2/c1-11-8-18-16(20)15-14(13-6-4-3-5-7-13)12(2)9-19-17(15)21-10-11/h3-7,9,11H,8,10H2,1-2H3,(H,18,20). The summed E-state index contributed by atoms with van der Waals surface area (Å²) in [6, 6.07) is 9.88. The Balaban J connectivity index is 2.19. The van der Waals surface area contributed by atoms with E-state index < -0.39 is 0 Å². The van der Waals surface area contributed by atoms with Crippen molar-refractivity contribution in [2.24, 2.45) is 5.92 Å². The van der Waals surface area contributed by atoms with Gasteiger partial charge in [-0.15, -0.1) is 0 Å². The number of carbonyl (C=O) groups excluding carboxylic acids is 1. The lowest BCUT2D eigenvalue weighted by molar-refractivity contribution is 0.0924. The van der Waals surface area contributed by atoms with Gasteiger partial charge in [-0.3, -0.25) is 4.79 Å². The molecule has 1 unspecified atom stereocenters. The van der Waals surface area contributed by atoms with Gasteiger partial charge in [-0.2, -0.15) is 0 Å². The van der Waals surface area contributed by atoms with Gasteiger partial charge in [0.15, 0.2) is 0 Å². The molecule has 2 aromatic rings. The quantitative estimate of drug-likeness (QED) is 0.875. The highest BCUT2D eigenvalue weighted by Gasteiger charge is 2.24. The predicted molar refractivity (Wildman–Crippen MR) is 81.4 cm³/mol. The molecular weight excluding hydrogens is 264 g/mol. The number of hydrogen-bond acceptors (Lipinski definition) is 3. The molecule has 4 nitrogen and oxygen atoms in total. The van der Waals surface area contributed by atoms with E-state index >= 15 is 0 Å². The average Bonchev–Trinajstić information content (AvgIpc) is 2.50. The molecule has 108 valence electrons. The topological polar surface area (TPSA) is 51.2 Å². The number of ether oxygens (including phenoxy) is 1. The number of hydrogen-bond donors (Lipinski definition) is 1. The van der Waals surface area contributed by atoms with Crippen molar-refractivity contribution in [3.63, 3.8) is 0 Å². The van der Waals surface area contributed by atoms with Gasteiger partial charge in [0.25, 0.3) is 5.91 Å². The molecule has 0 bridgehead atoms. The van der Waals surface area contributed by atoms with Crippen LogP contribution in [0.4, 0.5) is 0 Å². The van der Waals surface area contributed by atoms with E-state index in [-0.39, 0.29) is 11.8 Å². The number of rotatable bonds is 1. The summed E-state index contributed by atoms with van der Waals surface area (Å²) in [5, 5.41) is 2.97. The molecule has 2 heterocycles. The smallest absolute Gasteiger partial charge is 0.257 e. The number of benzene rings is 1. The van der Waals surface area contributed by atoms with Crippen molar-refractivity contribution in [3.8, 4) is 17.0 Å². The third-order valence-corrected chi connectivity index (χ3v) is 3.64. The van der Waals surface area contributed by atoms with Crippen LogP contribution in [0.1, 0.15) is 22.8 Å². The molecule has 0 saturated heterocycles. The Hall–Kier alpha value is -2.36. The Morgan fingerprint density at radius 2 is 2.00 bits per heavy atom. The monoisotopic (exact) mass is 282 g/mol. The second-order valence-electron chi connectivity index (χ2n) is 5.49. The zero-order valence-corrected chi connectivity index (χ0v) is 12.2. The SMILES string of the molecule is Cc1cnc2c(c1-c1ccccc1)C(=O)NCC(C)CO2. The van der Waals surface area contributed by atoms with E-state index in [2.05, 4.69) is 10.3 Å². The molecule has 0 radical (unpaired) electrons. The van der Waals surface area contributed by atoms with Gasteiger partial charge in [-0.05, 0) is 18.1 Å². The van der Waals surface area contributed by atoms with Crippen molar-refractivity contribution in [1.82, 2.24) is 10.3 Å². The minimum Gasteiger partial charge on any atom is -0.477 e. The average molecular weight is 282 g/mol. The number of fused-ring (bicyclic) bond motifs is 1. The molecule has 0 saturated carbocycles. The van der Waals surface area contributed by atoms with Crippen molar-refractivity contribution in [1.29, 1.82) is 0 Å². The number of carbonyl (C=O) groups is 1. The fourth-order valence-electron chi connectivity index (χ4n) is 2.52. The molecule has 0 fully saturated rings. The molecule has 1 amide bonds. The molecule has 1 aromatic heterocycles. The Labute approximate surface area is 124 Å². The highest BCUT2D eigenvalue weighted by Crippen LogP contribution is 2.32. The van der Waals surface area contributed by atoms with Gasteiger partial charge >= 0.3 is 0 Å². The first-order chi connectivity index (χ1) is 10.2. The highest BCUT2D eigenvalue weighted by atomic mass is 16.5. The molecular formula is C17H18N2O2. The lowest BCUT2D eigenvalue weighted by atomic mass is 9.96. The van der Waals surface area contributed by atoms with E-state index in [4.69, 9.17) is 4.74 Å². The summed E-state index contributed by atoms with van der Waals surface area (Å²) in [4.78, 5) is 16.8. The van der Waals surface area contributed by atoms with Crippen LogP contribution in [-0.2, 0) is 0 Å². The summed E-state index contributed by atoms with van der Waals surface area (Å²) < 4.78 is 5.76. The minimum atomic E-state index is -0.119. The zero-order chi connectivity index (χ0) is 14.8. The number of nitrogens with zero attached hydrogens (tertiary/aromatic N) is 1. The maximum absolute atomic E-state index is 12.5. The van der Waals surface area contributed by atoms with Crippen LogP contribution in [0.3, 0.4) is 0 Å². The Bertz CT molecular complexity index is 668. The van der Waals surface area contributed by atoms with Gasteiger partial charge in [-0.25, -0.2) is 4.98 Å². The fourth-order valence-corrected chi connectivity index (χ4v) is 2.52. The van der Waals surface area contributed by atoms with E-state index in [1.54, 1.807) is 6.20 Å². The van der Waals surface area contributed by atoms with E-state index in [0.717, 1.165) is 16.7 Å². The number of pyridine rings is 1. The molecule has 1 aliphatic heterocycles. The van der Waals surface area contributed by atoms with Gasteiger partial charge in [0.1, 0.15) is 5.56 Å². The van der Waals surface area contributed by atoms with Gasteiger partial charge in [-0.1, -0.05) is 37.3 Å². The first-order valence-corrected chi connectivity index (χ1v) is 7.13. The van der Waals surface area contributed by atoms with E-state index in [0.29, 0.717) is 24.6 Å². The van der Waals surface area contributed by atoms with Gasteiger partial charge in [0, 0.05) is 24.2 Å². The van der Waals surface area contributed by atoms with Crippen molar-refractivity contribution in [3.05, 3.63) is 47.7 Å². The van der Waals surface area contributed by atoms with Crippen molar-refractivity contribution >= 4 is 5.91 Å². The maximum atomic E-state index is 12.5. The lowest BCUT2D eigenvalue weighted by Crippen LogP contribution is -2.34. The molecule has 0 aliphatic carbocycles. The van der Waals surface area contributed by atoms with Crippen LogP contribution in [0.25, 0.3) is 11.1 Å². The normalized spacial score (nSPS) is 18.0. The third-order valence-electron chi connectivity index (χ3n) is 3.64. The summed E-state index contributed by atoms with van der Waals surface area (Å²) in [6.45, 7) is 5.17. The molecule has 1 aromatic carbocycles. The van der Waals surface area contributed by atoms with Gasteiger partial charge in [0.2, 0.25) is 5.88 Å². The minimum absolute atomic E-state index is 0.119. The van der Waals surface area contributed by atoms with Crippen LogP contribution in [0, 0.1) is 12.8 Å². The first-order valence-electron chi connectivity index (χ1n) is 7.13. The van der Waals surface area contributed by atoms with Crippen molar-refractivity contribution < 1.29 is 9.53 Å². The predicted octanol–water partition coefficient (Wildman–Crippen LogP) is 2.82. The molecule has 1 atom stereocenters. The summed E-state index contributed by atoms with van der Waals surface area (Å²) >= 11 is 0. The van der Waals surface area contributed by atoms with Crippen LogP contribution in [0.5, 0.6) is 5.88 Å². The summed E-state index contributed by atoms with van der Waals surface area (Å²) in [7, 11) is 0. The first kappa shape index (κ1) is 13.6. The van der Waals surface area contributed by atoms with Gasteiger partial charge in [0.05, 0.1) is 6.61 Å². The highest BCUT2D eigenvalue weighted by molar-refractivity contribution is 6.03. The molecule has 1 N–H and O–H groups in total. The zero-order valence-electron chi connectivity index (χ0n) is 12.2. The lowest BCUT2D eigenvalue weighted by Gasteiger charge is -2.22. The second kappa shape index (κ2) is 5.56. The van der Waals surface area contributed by atoms with Crippen LogP contribution >= 0.6 is 0 Å². The fraction of sp³-hybridized carbons (Fsp3) is 0.294. The van der Waals surface area contributed by atoms with Crippen molar-refractivity contribution in [2.75, 3.05) is 13.2 Å². The molecule has 21 heavy (non-hydrogen) atoms. The van der Waals surface area contributed by atoms with Crippen LogP contribution in [-0.4, -0.2) is 24.0 Å². The van der Waals surface area contributed by atoms with E-state index in [1.165, 1.54) is 0 Å². The number of aryl methyl sites for hydroxylation is 1. The number of aromatic nitrogens is 1. The Morgan fingerprint density at radius 1 is 1.24 bits per heavy atom. The van der Waals surface area contributed by atoms with Gasteiger partial charge < -0.3 is 10.1 Å². The summed E-state index contributed by atoms with van der Waals surface area (Å²) in [5.41, 5.74) is 3.40. The maximum Gasteiger partial charge on any atom is 0.257 e. The van der Waals surface area contributed by atoms with Crippen LogP contribution in [0.2, 0.25) is 0 Å². The third kappa shape index (κ3) is 2.61. The molecule has 0 spiro atoms. The summed E-state index contributed by atoms with van der Waals surface area (Å²) in [6.07, 6.45) is 1.76. The molecule has 1 aliphatic rings. The molecule has 3 rings (SSSR count). The Morgan fingerprint density at radius 3 is 2.76 bits per heavy atom. The summed E-state index contributed by atoms with van der Waals surface area (Å²) in [5.74, 6) is 0.570.